The molecule has 1 aromatic carbocycles. The summed E-state index contributed by atoms with van der Waals surface area (Å²) < 4.78 is 27.2. The Hall–Kier alpha value is -4.25. The molecular formula is C51H69N7O7S. The Morgan fingerprint density at radius 2 is 1.85 bits per heavy atom. The van der Waals surface area contributed by atoms with Crippen LogP contribution in [0.4, 0.5) is 0 Å². The van der Waals surface area contributed by atoms with Crippen LogP contribution in [0.1, 0.15) is 115 Å². The molecule has 5 aliphatic rings. The number of nitrogens with zero attached hydrogens (tertiary/aromatic N) is 5. The Morgan fingerprint density at radius 1 is 1.06 bits per heavy atom. The quantitative estimate of drug-likeness (QED) is 0.151. The predicted octanol–water partition coefficient (Wildman–Crippen LogP) is 7.65. The number of hydrogen-bond donors (Lipinski definition) is 2. The normalized spacial score (nSPS) is 28.5. The number of rotatable bonds is 10. The number of benzene rings is 1. The third-order valence-corrected chi connectivity index (χ3v) is 15.8. The van der Waals surface area contributed by atoms with Crippen molar-refractivity contribution in [3.63, 3.8) is 0 Å². The Labute approximate surface area is 393 Å². The third kappa shape index (κ3) is 9.58. The number of esters is 1. The van der Waals surface area contributed by atoms with E-state index in [1.54, 1.807) is 12.1 Å². The number of cyclic esters (lactones) is 1. The molecule has 1 saturated carbocycles. The van der Waals surface area contributed by atoms with Gasteiger partial charge in [0.15, 0.2) is 0 Å². The Morgan fingerprint density at radius 3 is 2.59 bits per heavy atom. The zero-order chi connectivity index (χ0) is 46.5. The van der Waals surface area contributed by atoms with Crippen LogP contribution in [0.25, 0.3) is 33.4 Å². The molecule has 1 aliphatic carbocycles. The van der Waals surface area contributed by atoms with Crippen molar-refractivity contribution in [1.29, 1.82) is 0 Å². The van der Waals surface area contributed by atoms with Crippen molar-refractivity contribution in [2.45, 2.75) is 136 Å². The zero-order valence-electron chi connectivity index (χ0n) is 40.1. The number of pyridine rings is 1. The summed E-state index contributed by atoms with van der Waals surface area (Å²) in [6, 6.07) is 8.56. The molecule has 356 valence electrons. The van der Waals surface area contributed by atoms with E-state index in [1.807, 2.05) is 19.2 Å². The van der Waals surface area contributed by atoms with E-state index in [1.165, 1.54) is 11.3 Å². The summed E-state index contributed by atoms with van der Waals surface area (Å²) in [6.07, 6.45) is 7.01. The van der Waals surface area contributed by atoms with E-state index in [2.05, 4.69) is 91.4 Å². The summed E-state index contributed by atoms with van der Waals surface area (Å²) in [5.74, 6) is -0.449. The molecule has 0 spiro atoms. The largest absolute Gasteiger partial charge is 0.464 e. The number of likely N-dealkylation sites (tertiary alicyclic amines) is 1. The van der Waals surface area contributed by atoms with Gasteiger partial charge in [-0.05, 0) is 114 Å². The summed E-state index contributed by atoms with van der Waals surface area (Å²) in [5, 5.41) is 8.76. The number of carbonyl (C=O) groups excluding carboxylic acids is 3. The van der Waals surface area contributed by atoms with Crippen LogP contribution in [0.5, 0.6) is 0 Å². The van der Waals surface area contributed by atoms with Gasteiger partial charge < -0.3 is 28.8 Å². The number of hydrogen-bond acceptors (Lipinski definition) is 12. The first kappa shape index (κ1) is 46.8. The maximum Gasteiger partial charge on any atom is 0.324 e. The van der Waals surface area contributed by atoms with Crippen molar-refractivity contribution in [2.75, 3.05) is 46.6 Å². The fraction of sp³-hybridized carbons (Fsp3) is 0.627. The number of methoxy groups -OCH3 is 1. The molecule has 8 atom stereocenters. The van der Waals surface area contributed by atoms with Gasteiger partial charge in [0.05, 0.1) is 54.1 Å². The Kier molecular flexibility index (Phi) is 13.5. The number of carbonyl (C=O) groups is 3. The van der Waals surface area contributed by atoms with E-state index in [9.17, 15) is 14.4 Å². The van der Waals surface area contributed by atoms with Crippen LogP contribution in [0.3, 0.4) is 0 Å². The van der Waals surface area contributed by atoms with Crippen LogP contribution in [0, 0.1) is 23.2 Å². The highest BCUT2D eigenvalue weighted by atomic mass is 32.1. The molecule has 2 unspecified atom stereocenters. The van der Waals surface area contributed by atoms with Crippen LogP contribution in [-0.4, -0.2) is 113 Å². The fourth-order valence-corrected chi connectivity index (χ4v) is 11.9. The second kappa shape index (κ2) is 19.0. The van der Waals surface area contributed by atoms with Crippen LogP contribution in [0.15, 0.2) is 41.9 Å². The summed E-state index contributed by atoms with van der Waals surface area (Å²) in [5.41, 5.74) is 9.29. The Bertz CT molecular complexity index is 2420. The standard InChI is InChI=1S/C51H69N7O7S/c1-30-31(2)41(30)46(59)54-43-45(56-19-9-10-20-56)47-53-39(28-66-47)33-15-16-40-36(25-33)37(27-50(4,5)29-64-49(61)38-14-12-21-58(55-38)48(43)60)44(35-13-11-18-52-42(35)32(3)62-8)57(40)22-24-63-34-17-23-65-51(6,7)26-34/h11,13,15-16,18,25,28,30-32,34,38,41,43,45,55H,9-10,12,14,17,19-24,26-27,29H2,1-8H3,(H,54,59)/t30-,31+,32-,34-,38?,41?,43-,45-/m0/s1. The number of thiazole rings is 1. The molecule has 2 N–H and O–H groups in total. The maximum absolute atomic E-state index is 15.0. The monoisotopic (exact) mass is 923 g/mol. The lowest BCUT2D eigenvalue weighted by atomic mass is 9.84. The molecule has 0 radical (unpaired) electrons. The maximum atomic E-state index is 15.0. The first-order valence-electron chi connectivity index (χ1n) is 24.3. The van der Waals surface area contributed by atoms with Gasteiger partial charge in [-0.15, -0.1) is 11.3 Å². The van der Waals surface area contributed by atoms with Gasteiger partial charge in [-0.2, -0.15) is 0 Å². The van der Waals surface area contributed by atoms with Gasteiger partial charge in [0.1, 0.15) is 17.1 Å². The molecule has 4 aliphatic heterocycles. The molecule has 7 heterocycles. The molecule has 9 rings (SSSR count). The van der Waals surface area contributed by atoms with Crippen LogP contribution in [-0.2, 0) is 46.3 Å². The summed E-state index contributed by atoms with van der Waals surface area (Å²) in [7, 11) is 1.71. The second-order valence-corrected chi connectivity index (χ2v) is 21.8. The minimum atomic E-state index is -0.919. The molecular weight excluding hydrogens is 855 g/mol. The topological polar surface area (TPSA) is 149 Å². The lowest BCUT2D eigenvalue weighted by Crippen LogP contribution is -2.62. The van der Waals surface area contributed by atoms with Gasteiger partial charge in [0, 0.05) is 78.2 Å². The second-order valence-electron chi connectivity index (χ2n) is 20.9. The van der Waals surface area contributed by atoms with Crippen LogP contribution >= 0.6 is 11.3 Å². The van der Waals surface area contributed by atoms with E-state index in [0.717, 1.165) is 88.5 Å². The molecule has 3 aromatic heterocycles. The molecule has 4 fully saturated rings. The predicted molar refractivity (Wildman–Crippen MR) is 254 cm³/mol. The Balaban J connectivity index is 1.19. The molecule has 66 heavy (non-hydrogen) atoms. The van der Waals surface area contributed by atoms with Gasteiger partial charge in [-0.25, -0.2) is 10.4 Å². The lowest BCUT2D eigenvalue weighted by molar-refractivity contribution is -0.156. The number of nitrogens with one attached hydrogen (secondary N) is 2. The molecule has 15 heteroatoms. The zero-order valence-corrected chi connectivity index (χ0v) is 40.9. The highest BCUT2D eigenvalue weighted by Gasteiger charge is 2.51. The fourth-order valence-electron chi connectivity index (χ4n) is 10.9. The highest BCUT2D eigenvalue weighted by molar-refractivity contribution is 7.10. The minimum absolute atomic E-state index is 0.0928. The summed E-state index contributed by atoms with van der Waals surface area (Å²) in [4.78, 5) is 55.7. The molecule has 3 saturated heterocycles. The van der Waals surface area contributed by atoms with Crippen molar-refractivity contribution in [3.05, 3.63) is 58.2 Å². The molecule has 2 amide bonds. The van der Waals surface area contributed by atoms with E-state index in [4.69, 9.17) is 28.9 Å². The summed E-state index contributed by atoms with van der Waals surface area (Å²) in [6.45, 7) is 18.6. The average molecular weight is 924 g/mol. The van der Waals surface area contributed by atoms with Gasteiger partial charge >= 0.3 is 5.97 Å². The van der Waals surface area contributed by atoms with Gasteiger partial charge in [0.25, 0.3) is 5.91 Å². The average Bonchev–Trinajstić information content (AvgIpc) is 3.80. The van der Waals surface area contributed by atoms with Crippen molar-refractivity contribution < 1.29 is 33.3 Å². The third-order valence-electron chi connectivity index (χ3n) is 14.9. The van der Waals surface area contributed by atoms with E-state index in [0.29, 0.717) is 45.6 Å². The van der Waals surface area contributed by atoms with Crippen molar-refractivity contribution in [1.82, 2.24) is 35.2 Å². The number of fused-ring (bicyclic) bond motifs is 6. The number of amides is 2. The smallest absolute Gasteiger partial charge is 0.324 e. The van der Waals surface area contributed by atoms with E-state index < -0.39 is 29.5 Å². The van der Waals surface area contributed by atoms with Crippen molar-refractivity contribution >= 4 is 40.0 Å². The number of hydrazine groups is 1. The van der Waals surface area contributed by atoms with Gasteiger partial charge in [-0.3, -0.25) is 29.3 Å². The molecule has 6 bridgehead atoms. The highest BCUT2D eigenvalue weighted by Crippen LogP contribution is 2.46. The van der Waals surface area contributed by atoms with Crippen LogP contribution in [0.2, 0.25) is 0 Å². The van der Waals surface area contributed by atoms with Crippen LogP contribution < -0.4 is 10.7 Å². The minimum Gasteiger partial charge on any atom is -0.464 e. The molecule has 4 aromatic rings. The first-order valence-corrected chi connectivity index (χ1v) is 25.1. The number of aromatic nitrogens is 3. The van der Waals surface area contributed by atoms with E-state index in [-0.39, 0.29) is 54.0 Å². The lowest BCUT2D eigenvalue weighted by Gasteiger charge is -2.39. The number of ether oxygens (including phenoxy) is 4. The first-order chi connectivity index (χ1) is 31.6. The van der Waals surface area contributed by atoms with Gasteiger partial charge in [0.2, 0.25) is 5.91 Å². The SMILES string of the molecule is CO[C@@H](C)c1ncccc1-c1c2c3cc(ccc3n1CCO[C@H]1CCOC(C)(C)C1)-c1csc(n1)[C@@H](N1CCCC1)[C@H](NC(=O)C1[C@@H](C)[C@H]1C)C(=O)N1CCCC(N1)C(=O)OCC(C)(C)C2. The van der Waals surface area contributed by atoms with E-state index >= 15 is 0 Å². The van der Waals surface area contributed by atoms with Gasteiger partial charge in [-0.1, -0.05) is 33.8 Å². The van der Waals surface area contributed by atoms with Crippen molar-refractivity contribution in [2.24, 2.45) is 23.2 Å². The molecule has 14 nitrogen and oxygen atoms in total. The van der Waals surface area contributed by atoms with Crippen molar-refractivity contribution in [3.8, 4) is 22.5 Å². The summed E-state index contributed by atoms with van der Waals surface area (Å²) >= 11 is 1.53.